The summed E-state index contributed by atoms with van der Waals surface area (Å²) in [5, 5.41) is 6.04. The molecule has 2 aromatic rings. The Bertz CT molecular complexity index is 916. The average Bonchev–Trinajstić information content (AvgIpc) is 2.66. The Kier molecular flexibility index (Phi) is 6.98. The number of ether oxygens (including phenoxy) is 1. The number of amides is 1. The third kappa shape index (κ3) is 4.87. The van der Waals surface area contributed by atoms with Crippen molar-refractivity contribution in [1.82, 2.24) is 15.6 Å². The van der Waals surface area contributed by atoms with Crippen molar-refractivity contribution in [3.05, 3.63) is 67.3 Å². The second kappa shape index (κ2) is 9.45. The number of rotatable bonds is 7. The van der Waals surface area contributed by atoms with Crippen LogP contribution >= 0.6 is 15.9 Å². The van der Waals surface area contributed by atoms with Crippen LogP contribution in [0.25, 0.3) is 0 Å². The van der Waals surface area contributed by atoms with E-state index in [1.54, 1.807) is 25.3 Å². The van der Waals surface area contributed by atoms with Gasteiger partial charge in [-0.15, -0.1) is 0 Å². The van der Waals surface area contributed by atoms with Crippen LogP contribution in [-0.2, 0) is 17.7 Å². The number of hydrogen-bond donors (Lipinski definition) is 3. The zero-order valence-corrected chi connectivity index (χ0v) is 17.2. The Morgan fingerprint density at radius 2 is 2.21 bits per heavy atom. The van der Waals surface area contributed by atoms with Gasteiger partial charge in [0.25, 0.3) is 11.5 Å². The lowest BCUT2D eigenvalue weighted by atomic mass is 9.90. The number of fused-ring (bicyclic) bond motifs is 1. The molecular formula is C20H23BrFN3O3. The van der Waals surface area contributed by atoms with Crippen LogP contribution in [-0.4, -0.2) is 31.2 Å². The van der Waals surface area contributed by atoms with Crippen LogP contribution in [0.4, 0.5) is 4.39 Å². The van der Waals surface area contributed by atoms with Crippen LogP contribution in [0.2, 0.25) is 0 Å². The summed E-state index contributed by atoms with van der Waals surface area (Å²) in [4.78, 5) is 27.5. The molecule has 1 unspecified atom stereocenters. The molecule has 0 bridgehead atoms. The standard InChI is InChI=1S/C20H23BrFN3O3/c1-28-8-7-23-19(26)15-10-14-17(3-2-4-18(14)25-20(15)27)24-11-12-5-6-13(21)9-16(12)22/h5-6,9-10,17,24H,2-4,7-8,11H2,1H3,(H,23,26)(H,25,27). The Labute approximate surface area is 171 Å². The van der Waals surface area contributed by atoms with E-state index in [9.17, 15) is 14.0 Å². The topological polar surface area (TPSA) is 83.2 Å². The third-order valence-electron chi connectivity index (χ3n) is 4.84. The second-order valence-corrected chi connectivity index (χ2v) is 7.67. The maximum atomic E-state index is 14.1. The molecule has 150 valence electrons. The normalized spacial score (nSPS) is 15.9. The maximum Gasteiger partial charge on any atom is 0.261 e. The number of aryl methyl sites for hydroxylation is 1. The van der Waals surface area contributed by atoms with Gasteiger partial charge in [-0.1, -0.05) is 22.0 Å². The first kappa shape index (κ1) is 20.7. The molecule has 1 atom stereocenters. The fourth-order valence-corrected chi connectivity index (χ4v) is 3.71. The molecular weight excluding hydrogens is 429 g/mol. The molecule has 0 saturated carbocycles. The lowest BCUT2D eigenvalue weighted by molar-refractivity contribution is 0.0935. The summed E-state index contributed by atoms with van der Waals surface area (Å²) in [5.41, 5.74) is 1.97. The molecule has 8 heteroatoms. The van der Waals surface area contributed by atoms with Gasteiger partial charge in [-0.2, -0.15) is 0 Å². The predicted molar refractivity (Wildman–Crippen MR) is 108 cm³/mol. The molecule has 1 aromatic heterocycles. The van der Waals surface area contributed by atoms with Crippen LogP contribution in [0.3, 0.4) is 0 Å². The van der Waals surface area contributed by atoms with Gasteiger partial charge in [-0.05, 0) is 43.0 Å². The summed E-state index contributed by atoms with van der Waals surface area (Å²) < 4.78 is 19.7. The molecule has 0 fully saturated rings. The molecule has 0 radical (unpaired) electrons. The third-order valence-corrected chi connectivity index (χ3v) is 5.34. The number of pyridine rings is 1. The highest BCUT2D eigenvalue weighted by atomic mass is 79.9. The van der Waals surface area contributed by atoms with Crippen molar-refractivity contribution in [2.24, 2.45) is 0 Å². The maximum absolute atomic E-state index is 14.1. The number of carbonyl (C=O) groups excluding carboxylic acids is 1. The van der Waals surface area contributed by atoms with Crippen molar-refractivity contribution in [2.45, 2.75) is 31.8 Å². The van der Waals surface area contributed by atoms with Crippen molar-refractivity contribution in [3.8, 4) is 0 Å². The van der Waals surface area contributed by atoms with Gasteiger partial charge in [-0.25, -0.2) is 4.39 Å². The average molecular weight is 452 g/mol. The van der Waals surface area contributed by atoms with Crippen molar-refractivity contribution in [3.63, 3.8) is 0 Å². The van der Waals surface area contributed by atoms with Crippen molar-refractivity contribution >= 4 is 21.8 Å². The zero-order valence-electron chi connectivity index (χ0n) is 15.6. The monoisotopic (exact) mass is 451 g/mol. The number of methoxy groups -OCH3 is 1. The number of hydrogen-bond acceptors (Lipinski definition) is 4. The minimum atomic E-state index is -0.427. The van der Waals surface area contributed by atoms with Crippen LogP contribution in [0, 0.1) is 5.82 Å². The number of nitrogens with one attached hydrogen (secondary N) is 3. The summed E-state index contributed by atoms with van der Waals surface area (Å²) in [5.74, 6) is -0.707. The summed E-state index contributed by atoms with van der Waals surface area (Å²) in [6.45, 7) is 1.06. The van der Waals surface area contributed by atoms with Gasteiger partial charge in [0.1, 0.15) is 11.4 Å². The highest BCUT2D eigenvalue weighted by Gasteiger charge is 2.24. The van der Waals surface area contributed by atoms with E-state index in [4.69, 9.17) is 4.74 Å². The van der Waals surface area contributed by atoms with E-state index in [0.29, 0.717) is 29.7 Å². The van der Waals surface area contributed by atoms with E-state index in [-0.39, 0.29) is 17.4 Å². The van der Waals surface area contributed by atoms with Crippen molar-refractivity contribution < 1.29 is 13.9 Å². The Morgan fingerprint density at radius 3 is 2.96 bits per heavy atom. The first-order valence-corrected chi connectivity index (χ1v) is 9.99. The molecule has 0 aliphatic heterocycles. The summed E-state index contributed by atoms with van der Waals surface area (Å²) >= 11 is 3.26. The molecule has 0 saturated heterocycles. The molecule has 3 rings (SSSR count). The molecule has 1 amide bonds. The number of aromatic nitrogens is 1. The quantitative estimate of drug-likeness (QED) is 0.565. The minimum Gasteiger partial charge on any atom is -0.383 e. The van der Waals surface area contributed by atoms with Gasteiger partial charge >= 0.3 is 0 Å². The SMILES string of the molecule is COCCNC(=O)c1cc2c([nH]c1=O)CCCC2NCc1ccc(Br)cc1F. The number of carbonyl (C=O) groups is 1. The highest BCUT2D eigenvalue weighted by Crippen LogP contribution is 2.29. The number of aromatic amines is 1. The minimum absolute atomic E-state index is 0.0610. The van der Waals surface area contributed by atoms with Gasteiger partial charge in [0.2, 0.25) is 0 Å². The molecule has 0 spiro atoms. The van der Waals surface area contributed by atoms with E-state index in [1.807, 2.05) is 0 Å². The lowest BCUT2D eigenvalue weighted by Crippen LogP contribution is -2.34. The number of halogens is 2. The fraction of sp³-hybridized carbons (Fsp3) is 0.400. The Balaban J connectivity index is 1.78. The fourth-order valence-electron chi connectivity index (χ4n) is 3.38. The first-order valence-electron chi connectivity index (χ1n) is 9.20. The smallest absolute Gasteiger partial charge is 0.261 e. The van der Waals surface area contributed by atoms with Gasteiger partial charge in [0, 0.05) is 42.0 Å². The van der Waals surface area contributed by atoms with Crippen LogP contribution in [0.15, 0.2) is 33.5 Å². The zero-order chi connectivity index (χ0) is 20.1. The number of benzene rings is 1. The van der Waals surface area contributed by atoms with Crippen LogP contribution < -0.4 is 16.2 Å². The summed E-state index contributed by atoms with van der Waals surface area (Å²) in [6, 6.07) is 6.57. The number of H-pyrrole nitrogens is 1. The van der Waals surface area contributed by atoms with E-state index in [2.05, 4.69) is 31.5 Å². The lowest BCUT2D eigenvalue weighted by Gasteiger charge is -2.26. The molecule has 1 aliphatic carbocycles. The molecule has 1 aliphatic rings. The van der Waals surface area contributed by atoms with E-state index in [1.165, 1.54) is 6.07 Å². The van der Waals surface area contributed by atoms with Gasteiger partial charge in [-0.3, -0.25) is 9.59 Å². The van der Waals surface area contributed by atoms with Crippen molar-refractivity contribution in [2.75, 3.05) is 20.3 Å². The summed E-state index contributed by atoms with van der Waals surface area (Å²) in [7, 11) is 1.54. The second-order valence-electron chi connectivity index (χ2n) is 6.76. The molecule has 1 aromatic carbocycles. The Morgan fingerprint density at radius 1 is 1.39 bits per heavy atom. The van der Waals surface area contributed by atoms with Crippen molar-refractivity contribution in [1.29, 1.82) is 0 Å². The predicted octanol–water partition coefficient (Wildman–Crippen LogP) is 2.82. The van der Waals surface area contributed by atoms with Gasteiger partial charge in [0.15, 0.2) is 0 Å². The molecule has 3 N–H and O–H groups in total. The summed E-state index contributed by atoms with van der Waals surface area (Å²) in [6.07, 6.45) is 2.51. The van der Waals surface area contributed by atoms with E-state index in [0.717, 1.165) is 30.5 Å². The van der Waals surface area contributed by atoms with E-state index < -0.39 is 11.5 Å². The first-order chi connectivity index (χ1) is 13.5. The van der Waals surface area contributed by atoms with Crippen LogP contribution in [0.1, 0.15) is 46.1 Å². The molecule has 6 nitrogen and oxygen atoms in total. The van der Waals surface area contributed by atoms with Gasteiger partial charge < -0.3 is 20.4 Å². The largest absolute Gasteiger partial charge is 0.383 e. The highest BCUT2D eigenvalue weighted by molar-refractivity contribution is 9.10. The van der Waals surface area contributed by atoms with Crippen LogP contribution in [0.5, 0.6) is 0 Å². The molecule has 28 heavy (non-hydrogen) atoms. The van der Waals surface area contributed by atoms with E-state index >= 15 is 0 Å². The molecule has 1 heterocycles. The Hall–Kier alpha value is -2.03. The van der Waals surface area contributed by atoms with Gasteiger partial charge in [0.05, 0.1) is 6.61 Å².